The van der Waals surface area contributed by atoms with Crippen LogP contribution >= 0.6 is 0 Å². The van der Waals surface area contributed by atoms with Gasteiger partial charge in [0, 0.05) is 29.3 Å². The quantitative estimate of drug-likeness (QED) is 0.437. The zero-order valence-corrected chi connectivity index (χ0v) is 23.6. The molecule has 0 bridgehead atoms. The molecule has 2 heterocycles. The van der Waals surface area contributed by atoms with Crippen LogP contribution in [0, 0.1) is 17.2 Å². The average molecular weight is 555 g/mol. The number of Topliss-reactive ketones (excluding diaryl/α,β-unsaturated/α-hetero) is 1. The van der Waals surface area contributed by atoms with E-state index in [1.165, 1.54) is 6.07 Å². The van der Waals surface area contributed by atoms with Crippen LogP contribution in [-0.4, -0.2) is 40.4 Å². The number of ether oxygens (including phenoxy) is 2. The number of benzene rings is 1. The number of aromatic nitrogens is 1. The summed E-state index contributed by atoms with van der Waals surface area (Å²) in [5.74, 6) is -1.93. The number of primary amides is 1. The van der Waals surface area contributed by atoms with Gasteiger partial charge in [-0.05, 0) is 55.6 Å². The third-order valence-electron chi connectivity index (χ3n) is 8.41. The van der Waals surface area contributed by atoms with Gasteiger partial charge < -0.3 is 30.8 Å². The number of rotatable bonds is 7. The topological polar surface area (TPSA) is 139 Å². The number of halogens is 1. The molecule has 1 aromatic carbocycles. The molecule has 0 spiro atoms. The first-order chi connectivity index (χ1) is 18.9. The molecule has 9 nitrogen and oxygen atoms in total. The largest absolute Gasteiger partial charge is 0.461 e. The lowest BCUT2D eigenvalue weighted by Gasteiger charge is -2.31. The number of fused-ring (bicyclic) bond motifs is 3. The number of amides is 1. The van der Waals surface area contributed by atoms with E-state index in [1.807, 2.05) is 18.4 Å². The molecule has 1 aliphatic heterocycles. The van der Waals surface area contributed by atoms with Crippen LogP contribution in [0.3, 0.4) is 0 Å². The van der Waals surface area contributed by atoms with Gasteiger partial charge in [-0.25, -0.2) is 4.39 Å². The minimum absolute atomic E-state index is 0.0113. The van der Waals surface area contributed by atoms with E-state index in [2.05, 4.69) is 19.2 Å². The van der Waals surface area contributed by atoms with Gasteiger partial charge in [0.05, 0.1) is 35.8 Å². The summed E-state index contributed by atoms with van der Waals surface area (Å²) in [7, 11) is 0. The number of ketones is 1. The average Bonchev–Trinajstić information content (AvgIpc) is 3.43. The second-order valence-corrected chi connectivity index (χ2v) is 12.6. The van der Waals surface area contributed by atoms with Crippen molar-refractivity contribution < 1.29 is 28.2 Å². The maximum atomic E-state index is 15.5. The normalized spacial score (nSPS) is 22.5. The molecule has 5 N–H and O–H groups in total. The molecular weight excluding hydrogens is 515 g/mol. The van der Waals surface area contributed by atoms with E-state index in [-0.39, 0.29) is 34.8 Å². The molecule has 10 heteroatoms. The fourth-order valence-electron chi connectivity index (χ4n) is 6.28. The first-order valence-corrected chi connectivity index (χ1v) is 14.1. The van der Waals surface area contributed by atoms with Crippen LogP contribution in [0.5, 0.6) is 0 Å². The highest BCUT2D eigenvalue weighted by atomic mass is 19.1. The summed E-state index contributed by atoms with van der Waals surface area (Å²) in [6, 6.07) is 2.31. The Morgan fingerprint density at radius 3 is 2.48 bits per heavy atom. The predicted octanol–water partition coefficient (Wildman–Crippen LogP) is 4.15. The molecule has 1 fully saturated rings. The summed E-state index contributed by atoms with van der Waals surface area (Å²) in [6.07, 6.45) is 3.42. The van der Waals surface area contributed by atoms with Crippen molar-refractivity contribution >= 4 is 23.3 Å². The fraction of sp³-hybridized carbons (Fsp3) is 0.567. The molecular formula is C30H39FN4O5. The first-order valence-electron chi connectivity index (χ1n) is 14.1. The predicted molar refractivity (Wildman–Crippen MR) is 148 cm³/mol. The van der Waals surface area contributed by atoms with Crippen molar-refractivity contribution in [3.8, 4) is 5.69 Å². The lowest BCUT2D eigenvalue weighted by molar-refractivity contribution is -0.153. The van der Waals surface area contributed by atoms with E-state index in [4.69, 9.17) is 20.9 Å². The lowest BCUT2D eigenvalue weighted by Crippen LogP contribution is -2.40. The van der Waals surface area contributed by atoms with Gasteiger partial charge in [-0.2, -0.15) is 0 Å². The van der Waals surface area contributed by atoms with Crippen molar-refractivity contribution in [1.29, 1.82) is 0 Å². The van der Waals surface area contributed by atoms with Gasteiger partial charge in [-0.15, -0.1) is 0 Å². The van der Waals surface area contributed by atoms with Crippen LogP contribution in [0.4, 0.5) is 10.1 Å². The van der Waals surface area contributed by atoms with Crippen LogP contribution in [0.25, 0.3) is 5.69 Å². The molecule has 5 rings (SSSR count). The maximum absolute atomic E-state index is 15.5. The number of nitrogens with zero attached hydrogens (tertiary/aromatic N) is 1. The van der Waals surface area contributed by atoms with E-state index >= 15 is 4.39 Å². The van der Waals surface area contributed by atoms with Crippen molar-refractivity contribution in [2.24, 2.45) is 22.8 Å². The summed E-state index contributed by atoms with van der Waals surface area (Å²) >= 11 is 0. The summed E-state index contributed by atoms with van der Waals surface area (Å²) in [4.78, 5) is 37.8. The molecule has 40 heavy (non-hydrogen) atoms. The van der Waals surface area contributed by atoms with E-state index in [0.29, 0.717) is 68.7 Å². The standard InChI is InChI=1S/C30H39FN4O5/c1-15(2)27(32)29(38)40-18-7-5-16(6-8-18)34-21-10-17(9-20(31)26(21)28(33)37)35-22-11-30(3,4)12-24(36)25(22)19-13-39-14-23(19)35/h9-10,15-16,18,27,34H,5-8,11-14,32H2,1-4H3,(H2,33,37). The number of esters is 1. The van der Waals surface area contributed by atoms with Crippen molar-refractivity contribution in [3.05, 3.63) is 46.0 Å². The summed E-state index contributed by atoms with van der Waals surface area (Å²) in [5.41, 5.74) is 15.2. The van der Waals surface area contributed by atoms with Crippen molar-refractivity contribution in [3.63, 3.8) is 0 Å². The van der Waals surface area contributed by atoms with Crippen LogP contribution in [0.1, 0.15) is 97.5 Å². The number of nitrogens with two attached hydrogens (primary N) is 2. The van der Waals surface area contributed by atoms with E-state index in [0.717, 1.165) is 17.0 Å². The zero-order valence-electron chi connectivity index (χ0n) is 23.6. The molecule has 1 amide bonds. The molecule has 0 radical (unpaired) electrons. The zero-order chi connectivity index (χ0) is 28.9. The Morgan fingerprint density at radius 2 is 1.82 bits per heavy atom. The van der Waals surface area contributed by atoms with Crippen molar-refractivity contribution in [2.45, 2.75) is 97.6 Å². The van der Waals surface area contributed by atoms with Crippen LogP contribution < -0.4 is 16.8 Å². The third-order valence-corrected chi connectivity index (χ3v) is 8.41. The Hall–Kier alpha value is -3.24. The molecule has 216 valence electrons. The number of carbonyl (C=O) groups is 3. The number of hydrogen-bond donors (Lipinski definition) is 3. The Kier molecular flexibility index (Phi) is 7.52. The fourth-order valence-corrected chi connectivity index (χ4v) is 6.28. The molecule has 1 aromatic heterocycles. The lowest BCUT2D eigenvalue weighted by atomic mass is 9.75. The molecule has 1 unspecified atom stereocenters. The van der Waals surface area contributed by atoms with Gasteiger partial charge in [0.1, 0.15) is 18.0 Å². The van der Waals surface area contributed by atoms with Gasteiger partial charge >= 0.3 is 5.97 Å². The summed E-state index contributed by atoms with van der Waals surface area (Å²) in [5, 5.41) is 3.34. The smallest absolute Gasteiger partial charge is 0.323 e. The molecule has 2 aliphatic carbocycles. The van der Waals surface area contributed by atoms with Crippen LogP contribution in [0.2, 0.25) is 0 Å². The Labute approximate surface area is 233 Å². The molecule has 0 saturated heterocycles. The maximum Gasteiger partial charge on any atom is 0.323 e. The van der Waals surface area contributed by atoms with E-state index in [1.54, 1.807) is 6.07 Å². The number of hydrogen-bond acceptors (Lipinski definition) is 7. The number of nitrogens with one attached hydrogen (secondary N) is 1. The van der Waals surface area contributed by atoms with Gasteiger partial charge in [0.2, 0.25) is 0 Å². The molecule has 3 aliphatic rings. The van der Waals surface area contributed by atoms with Gasteiger partial charge in [-0.3, -0.25) is 14.4 Å². The van der Waals surface area contributed by atoms with Crippen molar-refractivity contribution in [2.75, 3.05) is 5.32 Å². The van der Waals surface area contributed by atoms with Gasteiger partial charge in [0.15, 0.2) is 5.78 Å². The second-order valence-electron chi connectivity index (χ2n) is 12.6. The summed E-state index contributed by atoms with van der Waals surface area (Å²) in [6.45, 7) is 8.53. The first kappa shape index (κ1) is 28.3. The van der Waals surface area contributed by atoms with Crippen LogP contribution in [-0.2, 0) is 33.9 Å². The number of carbonyl (C=O) groups excluding carboxylic acids is 3. The molecule has 2 aromatic rings. The Bertz CT molecular complexity index is 1360. The van der Waals surface area contributed by atoms with E-state index in [9.17, 15) is 14.4 Å². The highest BCUT2D eigenvalue weighted by Crippen LogP contribution is 2.43. The molecule has 1 saturated carbocycles. The Morgan fingerprint density at radius 1 is 1.12 bits per heavy atom. The summed E-state index contributed by atoms with van der Waals surface area (Å²) < 4.78 is 28.8. The van der Waals surface area contributed by atoms with Crippen molar-refractivity contribution in [1.82, 2.24) is 4.57 Å². The highest BCUT2D eigenvalue weighted by molar-refractivity contribution is 6.01. The highest BCUT2D eigenvalue weighted by Gasteiger charge is 2.39. The SMILES string of the molecule is CC(C)C(N)C(=O)OC1CCC(Nc2cc(-n3c4c(c5c3CC(C)(C)CC5=O)COC4)cc(F)c2C(N)=O)CC1. The minimum Gasteiger partial charge on any atom is -0.461 e. The van der Waals surface area contributed by atoms with Gasteiger partial charge in [-0.1, -0.05) is 27.7 Å². The number of anilines is 1. The monoisotopic (exact) mass is 554 g/mol. The van der Waals surface area contributed by atoms with E-state index < -0.39 is 23.7 Å². The molecule has 1 atom stereocenters. The minimum atomic E-state index is -0.865. The second kappa shape index (κ2) is 10.6. The van der Waals surface area contributed by atoms with Gasteiger partial charge in [0.25, 0.3) is 5.91 Å². The Balaban J connectivity index is 1.43. The third kappa shape index (κ3) is 5.26. The van der Waals surface area contributed by atoms with Crippen LogP contribution in [0.15, 0.2) is 12.1 Å².